The van der Waals surface area contributed by atoms with Crippen LogP contribution in [0, 0.1) is 6.92 Å². The van der Waals surface area contributed by atoms with E-state index in [1.165, 1.54) is 0 Å². The van der Waals surface area contributed by atoms with Crippen LogP contribution in [0.2, 0.25) is 0 Å². The molecule has 0 unspecified atom stereocenters. The molecule has 0 spiro atoms. The third kappa shape index (κ3) is 2.70. The van der Waals surface area contributed by atoms with Crippen LogP contribution >= 0.6 is 0 Å². The van der Waals surface area contributed by atoms with Gasteiger partial charge in [-0.05, 0) is 26.8 Å². The predicted octanol–water partition coefficient (Wildman–Crippen LogP) is 1.70. The van der Waals surface area contributed by atoms with E-state index in [1.807, 2.05) is 13.0 Å². The van der Waals surface area contributed by atoms with E-state index >= 15 is 0 Å². The van der Waals surface area contributed by atoms with E-state index in [0.717, 1.165) is 16.9 Å². The Morgan fingerprint density at radius 2 is 2.23 bits per heavy atom. The molecule has 2 N–H and O–H groups in total. The molecule has 0 fully saturated rings. The first-order valence-electron chi connectivity index (χ1n) is 4.46. The fraction of sp³-hybridized carbons (Fsp3) is 0.500. The summed E-state index contributed by atoms with van der Waals surface area (Å²) >= 11 is 0. The number of pyridine rings is 1. The lowest BCUT2D eigenvalue weighted by Crippen LogP contribution is -2.12. The average Bonchev–Trinajstić information content (AvgIpc) is 2.03. The number of rotatable bonds is 3. The van der Waals surface area contributed by atoms with Crippen LogP contribution in [0.5, 0.6) is 0 Å². The molecule has 0 aliphatic rings. The molecular formula is C10H16N2O. The maximum atomic E-state index is 9.04. The molecule has 1 rings (SSSR count). The smallest absolute Gasteiger partial charge is 0.0717 e. The van der Waals surface area contributed by atoms with Gasteiger partial charge >= 0.3 is 0 Å². The molecular weight excluding hydrogens is 164 g/mol. The Balaban J connectivity index is 2.94. The number of aromatic nitrogens is 1. The van der Waals surface area contributed by atoms with Crippen molar-refractivity contribution in [2.24, 2.45) is 0 Å². The highest BCUT2D eigenvalue weighted by Gasteiger charge is 2.03. The van der Waals surface area contributed by atoms with Crippen molar-refractivity contribution in [3.8, 4) is 0 Å². The van der Waals surface area contributed by atoms with Crippen LogP contribution in [0.15, 0.2) is 12.3 Å². The Kier molecular flexibility index (Phi) is 3.25. The lowest BCUT2D eigenvalue weighted by atomic mass is 10.2. The molecule has 0 amide bonds. The van der Waals surface area contributed by atoms with Crippen LogP contribution in [-0.2, 0) is 6.61 Å². The Morgan fingerprint density at radius 1 is 1.54 bits per heavy atom. The minimum atomic E-state index is 0.0301. The van der Waals surface area contributed by atoms with Gasteiger partial charge in [-0.2, -0.15) is 0 Å². The van der Waals surface area contributed by atoms with Crippen molar-refractivity contribution in [2.75, 3.05) is 5.32 Å². The number of anilines is 1. The number of hydrogen-bond donors (Lipinski definition) is 2. The third-order valence-electron chi connectivity index (χ3n) is 1.74. The van der Waals surface area contributed by atoms with E-state index in [0.29, 0.717) is 6.04 Å². The summed E-state index contributed by atoms with van der Waals surface area (Å²) in [6.07, 6.45) is 1.71. The van der Waals surface area contributed by atoms with Crippen molar-refractivity contribution in [1.82, 2.24) is 4.98 Å². The first-order valence-corrected chi connectivity index (χ1v) is 4.46. The summed E-state index contributed by atoms with van der Waals surface area (Å²) in [5.74, 6) is 0. The Hall–Kier alpha value is -1.09. The lowest BCUT2D eigenvalue weighted by Gasteiger charge is -2.13. The van der Waals surface area contributed by atoms with E-state index in [-0.39, 0.29) is 6.61 Å². The molecule has 3 heteroatoms. The first-order chi connectivity index (χ1) is 6.13. The Labute approximate surface area is 78.8 Å². The highest BCUT2D eigenvalue weighted by molar-refractivity contribution is 5.51. The highest BCUT2D eigenvalue weighted by atomic mass is 16.3. The van der Waals surface area contributed by atoms with E-state index in [2.05, 4.69) is 24.1 Å². The maximum Gasteiger partial charge on any atom is 0.0717 e. The van der Waals surface area contributed by atoms with Gasteiger partial charge in [0.25, 0.3) is 0 Å². The lowest BCUT2D eigenvalue weighted by molar-refractivity contribution is 0.282. The number of nitrogens with one attached hydrogen (secondary N) is 1. The quantitative estimate of drug-likeness (QED) is 0.744. The van der Waals surface area contributed by atoms with Crippen LogP contribution in [0.1, 0.15) is 25.1 Å². The molecule has 0 atom stereocenters. The van der Waals surface area contributed by atoms with Gasteiger partial charge in [-0.3, -0.25) is 4.98 Å². The van der Waals surface area contributed by atoms with Gasteiger partial charge in [0, 0.05) is 29.2 Å². The second-order valence-electron chi connectivity index (χ2n) is 3.44. The molecule has 0 aliphatic carbocycles. The summed E-state index contributed by atoms with van der Waals surface area (Å²) in [5, 5.41) is 12.3. The number of aryl methyl sites for hydroxylation is 1. The second-order valence-corrected chi connectivity index (χ2v) is 3.44. The van der Waals surface area contributed by atoms with Gasteiger partial charge < -0.3 is 10.4 Å². The Bertz CT molecular complexity index is 284. The predicted molar refractivity (Wildman–Crippen MR) is 53.7 cm³/mol. The number of aliphatic hydroxyl groups excluding tert-OH is 1. The van der Waals surface area contributed by atoms with Crippen LogP contribution in [0.25, 0.3) is 0 Å². The summed E-state index contributed by atoms with van der Waals surface area (Å²) < 4.78 is 0. The van der Waals surface area contributed by atoms with Gasteiger partial charge in [0.2, 0.25) is 0 Å². The Morgan fingerprint density at radius 3 is 2.77 bits per heavy atom. The minimum absolute atomic E-state index is 0.0301. The summed E-state index contributed by atoms with van der Waals surface area (Å²) in [6, 6.07) is 2.32. The van der Waals surface area contributed by atoms with Gasteiger partial charge in [0.05, 0.1) is 6.61 Å². The molecule has 0 saturated heterocycles. The van der Waals surface area contributed by atoms with Crippen molar-refractivity contribution in [3.63, 3.8) is 0 Å². The second kappa shape index (κ2) is 4.23. The van der Waals surface area contributed by atoms with Gasteiger partial charge in [-0.25, -0.2) is 0 Å². The van der Waals surface area contributed by atoms with E-state index in [9.17, 15) is 0 Å². The maximum absolute atomic E-state index is 9.04. The monoisotopic (exact) mass is 180 g/mol. The summed E-state index contributed by atoms with van der Waals surface area (Å²) in [4.78, 5) is 4.12. The molecule has 1 aromatic rings. The van der Waals surface area contributed by atoms with Crippen LogP contribution in [0.4, 0.5) is 5.69 Å². The van der Waals surface area contributed by atoms with Crippen LogP contribution < -0.4 is 5.32 Å². The summed E-state index contributed by atoms with van der Waals surface area (Å²) in [7, 11) is 0. The zero-order chi connectivity index (χ0) is 9.84. The molecule has 0 saturated carbocycles. The normalized spacial score (nSPS) is 10.5. The van der Waals surface area contributed by atoms with E-state index < -0.39 is 0 Å². The van der Waals surface area contributed by atoms with E-state index in [4.69, 9.17) is 5.11 Å². The fourth-order valence-electron chi connectivity index (χ4n) is 1.16. The molecule has 0 aromatic carbocycles. The molecule has 0 aliphatic heterocycles. The molecule has 3 nitrogen and oxygen atoms in total. The minimum Gasteiger partial charge on any atom is -0.392 e. The molecule has 72 valence electrons. The summed E-state index contributed by atoms with van der Waals surface area (Å²) in [6.45, 7) is 6.10. The van der Waals surface area contributed by atoms with Gasteiger partial charge in [-0.15, -0.1) is 0 Å². The standard InChI is InChI=1S/C10H16N2O/c1-7(2)12-10-4-8(3)11-5-9(10)6-13/h4-5,7,13H,6H2,1-3H3,(H,11,12). The summed E-state index contributed by atoms with van der Waals surface area (Å²) in [5.41, 5.74) is 2.78. The van der Waals surface area contributed by atoms with Gasteiger partial charge in [0.15, 0.2) is 0 Å². The molecule has 0 radical (unpaired) electrons. The average molecular weight is 180 g/mol. The van der Waals surface area contributed by atoms with Crippen LogP contribution in [0.3, 0.4) is 0 Å². The number of nitrogens with zero attached hydrogens (tertiary/aromatic N) is 1. The van der Waals surface area contributed by atoms with Crippen molar-refractivity contribution in [1.29, 1.82) is 0 Å². The zero-order valence-electron chi connectivity index (χ0n) is 8.33. The number of aliphatic hydroxyl groups is 1. The largest absolute Gasteiger partial charge is 0.392 e. The molecule has 1 aromatic heterocycles. The highest BCUT2D eigenvalue weighted by Crippen LogP contribution is 2.16. The first kappa shape index (κ1) is 9.99. The SMILES string of the molecule is Cc1cc(NC(C)C)c(CO)cn1. The fourth-order valence-corrected chi connectivity index (χ4v) is 1.16. The number of hydrogen-bond acceptors (Lipinski definition) is 3. The zero-order valence-corrected chi connectivity index (χ0v) is 8.33. The van der Waals surface area contributed by atoms with Crippen LogP contribution in [-0.4, -0.2) is 16.1 Å². The molecule has 0 bridgehead atoms. The third-order valence-corrected chi connectivity index (χ3v) is 1.74. The van der Waals surface area contributed by atoms with Crippen molar-refractivity contribution < 1.29 is 5.11 Å². The van der Waals surface area contributed by atoms with Crippen molar-refractivity contribution in [2.45, 2.75) is 33.4 Å². The van der Waals surface area contributed by atoms with Gasteiger partial charge in [-0.1, -0.05) is 0 Å². The van der Waals surface area contributed by atoms with Crippen molar-refractivity contribution >= 4 is 5.69 Å². The van der Waals surface area contributed by atoms with Crippen molar-refractivity contribution in [3.05, 3.63) is 23.5 Å². The topological polar surface area (TPSA) is 45.1 Å². The molecule has 13 heavy (non-hydrogen) atoms. The molecule has 1 heterocycles. The van der Waals surface area contributed by atoms with E-state index in [1.54, 1.807) is 6.20 Å². The van der Waals surface area contributed by atoms with Gasteiger partial charge in [0.1, 0.15) is 0 Å².